The molecule has 0 spiro atoms. The van der Waals surface area contributed by atoms with Gasteiger partial charge in [-0.05, 0) is 24.6 Å². The van der Waals surface area contributed by atoms with Gasteiger partial charge in [0.25, 0.3) is 0 Å². The molecule has 0 aromatic heterocycles. The number of aliphatic carboxylic acids is 1. The first-order chi connectivity index (χ1) is 15.8. The molecule has 0 fully saturated rings. The van der Waals surface area contributed by atoms with Gasteiger partial charge in [-0.3, -0.25) is 19.2 Å². The SMILES string of the molecule is CC(O)C(N)C(=O)NC(CC(N)=O)C(=O)NC(Cc1ccc(O)cc1)C(=O)NC(CO)C(=O)O. The second-order valence-electron chi connectivity index (χ2n) is 7.51. The summed E-state index contributed by atoms with van der Waals surface area (Å²) in [7, 11) is 0. The zero-order valence-electron chi connectivity index (χ0n) is 18.3. The summed E-state index contributed by atoms with van der Waals surface area (Å²) in [6.45, 7) is 0.323. The Balaban J connectivity index is 3.14. The van der Waals surface area contributed by atoms with Crippen LogP contribution in [0.2, 0.25) is 0 Å². The van der Waals surface area contributed by atoms with Crippen molar-refractivity contribution in [1.82, 2.24) is 16.0 Å². The lowest BCUT2D eigenvalue weighted by atomic mass is 10.0. The first-order valence-electron chi connectivity index (χ1n) is 10.1. The van der Waals surface area contributed by atoms with Crippen LogP contribution in [0.1, 0.15) is 18.9 Å². The Morgan fingerprint density at radius 1 is 0.912 bits per heavy atom. The molecular weight excluding hydrogens is 454 g/mol. The Bertz CT molecular complexity index is 891. The smallest absolute Gasteiger partial charge is 0.328 e. The highest BCUT2D eigenvalue weighted by Crippen LogP contribution is 2.12. The molecule has 188 valence electrons. The van der Waals surface area contributed by atoms with Crippen molar-refractivity contribution in [2.45, 2.75) is 50.0 Å². The van der Waals surface area contributed by atoms with Crippen LogP contribution in [0.15, 0.2) is 24.3 Å². The highest BCUT2D eigenvalue weighted by atomic mass is 16.4. The van der Waals surface area contributed by atoms with Gasteiger partial charge in [0.2, 0.25) is 23.6 Å². The average molecular weight is 483 g/mol. The number of aliphatic hydroxyl groups excluding tert-OH is 2. The largest absolute Gasteiger partial charge is 0.508 e. The van der Waals surface area contributed by atoms with Crippen molar-refractivity contribution < 1.29 is 44.4 Å². The normalized spacial score (nSPS) is 15.2. The fraction of sp³-hybridized carbons (Fsp3) is 0.450. The van der Waals surface area contributed by atoms with Crippen LogP contribution in [-0.2, 0) is 30.4 Å². The highest BCUT2D eigenvalue weighted by Gasteiger charge is 2.31. The van der Waals surface area contributed by atoms with E-state index in [9.17, 15) is 39.3 Å². The fourth-order valence-electron chi connectivity index (χ4n) is 2.70. The average Bonchev–Trinajstić information content (AvgIpc) is 2.76. The Labute approximate surface area is 194 Å². The Morgan fingerprint density at radius 2 is 1.41 bits per heavy atom. The van der Waals surface area contributed by atoms with Crippen molar-refractivity contribution >= 4 is 29.6 Å². The number of amides is 4. The predicted molar refractivity (Wildman–Crippen MR) is 116 cm³/mol. The van der Waals surface area contributed by atoms with Crippen LogP contribution >= 0.6 is 0 Å². The number of primary amides is 1. The van der Waals surface area contributed by atoms with Gasteiger partial charge < -0.3 is 47.8 Å². The minimum atomic E-state index is -1.66. The van der Waals surface area contributed by atoms with Crippen molar-refractivity contribution in [1.29, 1.82) is 0 Å². The quantitative estimate of drug-likeness (QED) is 0.131. The van der Waals surface area contributed by atoms with E-state index >= 15 is 0 Å². The third kappa shape index (κ3) is 9.01. The number of nitrogens with two attached hydrogens (primary N) is 2. The molecule has 5 atom stereocenters. The number of rotatable bonds is 13. The highest BCUT2D eigenvalue weighted by molar-refractivity contribution is 5.96. The first-order valence-corrected chi connectivity index (χ1v) is 10.1. The van der Waals surface area contributed by atoms with Crippen molar-refractivity contribution in [2.75, 3.05) is 6.61 Å². The number of aliphatic hydroxyl groups is 2. The van der Waals surface area contributed by atoms with E-state index in [-0.39, 0.29) is 12.2 Å². The zero-order chi connectivity index (χ0) is 26.0. The molecule has 11 N–H and O–H groups in total. The molecular formula is C20H29N5O9. The summed E-state index contributed by atoms with van der Waals surface area (Å²) in [4.78, 5) is 60.3. The van der Waals surface area contributed by atoms with Crippen LogP contribution in [0.4, 0.5) is 0 Å². The molecule has 0 saturated carbocycles. The van der Waals surface area contributed by atoms with Gasteiger partial charge >= 0.3 is 5.97 Å². The maximum absolute atomic E-state index is 12.8. The van der Waals surface area contributed by atoms with Gasteiger partial charge in [0.15, 0.2) is 0 Å². The van der Waals surface area contributed by atoms with Crippen LogP contribution in [-0.4, -0.2) is 86.9 Å². The second-order valence-corrected chi connectivity index (χ2v) is 7.51. The molecule has 0 saturated heterocycles. The number of carbonyl (C=O) groups excluding carboxylic acids is 4. The standard InChI is InChI=1S/C20H29N5O9/c1-9(27)16(22)19(32)24-13(7-15(21)29)18(31)23-12(6-10-2-4-11(28)5-3-10)17(30)25-14(8-26)20(33)34/h2-5,9,12-14,16,26-28H,6-8,22H2,1H3,(H2,21,29)(H,23,31)(H,24,32)(H,25,30)(H,33,34). The third-order valence-electron chi connectivity index (χ3n) is 4.67. The van der Waals surface area contributed by atoms with Crippen molar-refractivity contribution in [3.05, 3.63) is 29.8 Å². The molecule has 0 aliphatic carbocycles. The van der Waals surface area contributed by atoms with E-state index in [1.807, 2.05) is 0 Å². The number of hydrogen-bond donors (Lipinski definition) is 9. The molecule has 5 unspecified atom stereocenters. The first kappa shape index (κ1) is 28.3. The minimum Gasteiger partial charge on any atom is -0.508 e. The van der Waals surface area contributed by atoms with E-state index < -0.39 is 72.9 Å². The summed E-state index contributed by atoms with van der Waals surface area (Å²) in [6, 6.07) is -0.487. The van der Waals surface area contributed by atoms with E-state index in [1.54, 1.807) is 0 Å². The van der Waals surface area contributed by atoms with Crippen molar-refractivity contribution in [3.8, 4) is 5.75 Å². The van der Waals surface area contributed by atoms with Crippen LogP contribution in [0, 0.1) is 0 Å². The summed E-state index contributed by atoms with van der Waals surface area (Å²) < 4.78 is 0. The number of nitrogens with one attached hydrogen (secondary N) is 3. The van der Waals surface area contributed by atoms with Gasteiger partial charge in [0, 0.05) is 6.42 Å². The zero-order valence-corrected chi connectivity index (χ0v) is 18.3. The molecule has 1 rings (SSSR count). The molecule has 0 aliphatic rings. The Morgan fingerprint density at radius 3 is 1.88 bits per heavy atom. The van der Waals surface area contributed by atoms with Crippen molar-refractivity contribution in [2.24, 2.45) is 11.5 Å². The Hall–Kier alpha value is -3.75. The number of hydrogen-bond acceptors (Lipinski definition) is 9. The number of benzene rings is 1. The maximum atomic E-state index is 12.8. The molecule has 0 aliphatic heterocycles. The molecule has 1 aromatic carbocycles. The van der Waals surface area contributed by atoms with Crippen LogP contribution in [0.3, 0.4) is 0 Å². The number of aromatic hydroxyl groups is 1. The van der Waals surface area contributed by atoms with E-state index in [0.29, 0.717) is 5.56 Å². The van der Waals surface area contributed by atoms with E-state index in [1.165, 1.54) is 31.2 Å². The van der Waals surface area contributed by atoms with E-state index in [4.69, 9.17) is 16.6 Å². The predicted octanol–water partition coefficient (Wildman–Crippen LogP) is -3.95. The van der Waals surface area contributed by atoms with E-state index in [0.717, 1.165) is 0 Å². The summed E-state index contributed by atoms with van der Waals surface area (Å²) in [6.07, 6.45) is -2.11. The molecule has 34 heavy (non-hydrogen) atoms. The summed E-state index contributed by atoms with van der Waals surface area (Å²) in [5.41, 5.74) is 11.1. The minimum absolute atomic E-state index is 0.0568. The number of carbonyl (C=O) groups is 5. The molecule has 14 heteroatoms. The van der Waals surface area contributed by atoms with Gasteiger partial charge in [-0.25, -0.2) is 4.79 Å². The maximum Gasteiger partial charge on any atom is 0.328 e. The van der Waals surface area contributed by atoms with Crippen LogP contribution in [0.25, 0.3) is 0 Å². The second kappa shape index (κ2) is 13.1. The van der Waals surface area contributed by atoms with Crippen LogP contribution in [0.5, 0.6) is 5.75 Å². The topological polar surface area (TPSA) is 254 Å². The lowest BCUT2D eigenvalue weighted by Crippen LogP contribution is -2.59. The number of carboxylic acids is 1. The lowest BCUT2D eigenvalue weighted by molar-refractivity contribution is -0.143. The van der Waals surface area contributed by atoms with Gasteiger partial charge in [-0.1, -0.05) is 12.1 Å². The van der Waals surface area contributed by atoms with Gasteiger partial charge in [-0.2, -0.15) is 0 Å². The monoisotopic (exact) mass is 483 g/mol. The fourth-order valence-corrected chi connectivity index (χ4v) is 2.70. The third-order valence-corrected chi connectivity index (χ3v) is 4.67. The number of phenolic OH excluding ortho intramolecular Hbond substituents is 1. The molecule has 0 heterocycles. The lowest BCUT2D eigenvalue weighted by Gasteiger charge is -2.25. The summed E-state index contributed by atoms with van der Waals surface area (Å²) in [5.74, 6) is -5.48. The summed E-state index contributed by atoms with van der Waals surface area (Å²) >= 11 is 0. The summed E-state index contributed by atoms with van der Waals surface area (Å²) in [5, 5.41) is 43.7. The number of phenols is 1. The Kier molecular flexibility index (Phi) is 10.9. The molecule has 0 bridgehead atoms. The number of carboxylic acid groups (broad SMARTS) is 1. The van der Waals surface area contributed by atoms with E-state index in [2.05, 4.69) is 16.0 Å². The molecule has 1 aromatic rings. The van der Waals surface area contributed by atoms with Gasteiger partial charge in [0.05, 0.1) is 19.1 Å². The van der Waals surface area contributed by atoms with Gasteiger partial charge in [-0.15, -0.1) is 0 Å². The molecule has 14 nitrogen and oxygen atoms in total. The molecule has 0 radical (unpaired) electrons. The van der Waals surface area contributed by atoms with Crippen molar-refractivity contribution in [3.63, 3.8) is 0 Å². The van der Waals surface area contributed by atoms with Crippen LogP contribution < -0.4 is 27.4 Å². The van der Waals surface area contributed by atoms with Gasteiger partial charge in [0.1, 0.15) is 29.9 Å². The molecule has 4 amide bonds.